The predicted molar refractivity (Wildman–Crippen MR) is 157 cm³/mol. The van der Waals surface area contributed by atoms with Crippen LogP contribution in [0.3, 0.4) is 0 Å². The van der Waals surface area contributed by atoms with Crippen molar-refractivity contribution in [2.75, 3.05) is 18.2 Å². The van der Waals surface area contributed by atoms with E-state index in [-0.39, 0.29) is 16.8 Å². The van der Waals surface area contributed by atoms with Gasteiger partial charge in [0.25, 0.3) is 5.91 Å². The van der Waals surface area contributed by atoms with Crippen LogP contribution in [0.2, 0.25) is 0 Å². The molecule has 4 aromatic rings. The number of fused-ring (bicyclic) bond motifs is 1. The van der Waals surface area contributed by atoms with Crippen molar-refractivity contribution < 1.29 is 13.2 Å². The van der Waals surface area contributed by atoms with E-state index < -0.39 is 10.0 Å². The summed E-state index contributed by atoms with van der Waals surface area (Å²) in [6.07, 6.45) is 7.08. The number of thiazole rings is 1. The second kappa shape index (κ2) is 11.6. The Morgan fingerprint density at radius 2 is 1.71 bits per heavy atom. The van der Waals surface area contributed by atoms with Crippen molar-refractivity contribution in [2.24, 2.45) is 0 Å². The van der Waals surface area contributed by atoms with E-state index in [0.29, 0.717) is 17.2 Å². The van der Waals surface area contributed by atoms with E-state index in [1.165, 1.54) is 15.6 Å². The molecule has 3 aromatic carbocycles. The molecular formula is C29H31N3O3S3. The van der Waals surface area contributed by atoms with Gasteiger partial charge in [0.15, 0.2) is 5.13 Å². The van der Waals surface area contributed by atoms with Crippen LogP contribution < -0.4 is 4.90 Å². The van der Waals surface area contributed by atoms with Gasteiger partial charge in [-0.25, -0.2) is 13.4 Å². The molecule has 198 valence electrons. The highest BCUT2D eigenvalue weighted by Crippen LogP contribution is 2.33. The second-order valence-electron chi connectivity index (χ2n) is 9.54. The van der Waals surface area contributed by atoms with Crippen LogP contribution in [-0.4, -0.2) is 43.0 Å². The van der Waals surface area contributed by atoms with Crippen LogP contribution in [0.1, 0.15) is 48.0 Å². The third-order valence-electron chi connectivity index (χ3n) is 7.11. The number of rotatable bonds is 8. The molecule has 1 fully saturated rings. The first kappa shape index (κ1) is 26.9. The first-order chi connectivity index (χ1) is 18.4. The maximum atomic E-state index is 13.8. The Balaban J connectivity index is 1.44. The third-order valence-corrected chi connectivity index (χ3v) is 10.8. The number of nitrogens with zero attached hydrogens (tertiary/aromatic N) is 3. The van der Waals surface area contributed by atoms with Gasteiger partial charge < -0.3 is 0 Å². The summed E-state index contributed by atoms with van der Waals surface area (Å²) in [6, 6.07) is 22.3. The molecule has 1 heterocycles. The number of thioether (sulfide) groups is 1. The van der Waals surface area contributed by atoms with Crippen molar-refractivity contribution in [3.8, 4) is 0 Å². The molecule has 1 aliphatic rings. The van der Waals surface area contributed by atoms with Gasteiger partial charge in [0, 0.05) is 23.5 Å². The number of hydrogen-bond acceptors (Lipinski definition) is 6. The Morgan fingerprint density at radius 3 is 2.39 bits per heavy atom. The van der Waals surface area contributed by atoms with Gasteiger partial charge >= 0.3 is 0 Å². The van der Waals surface area contributed by atoms with Crippen molar-refractivity contribution in [1.82, 2.24) is 9.29 Å². The van der Waals surface area contributed by atoms with E-state index in [1.807, 2.05) is 48.7 Å². The predicted octanol–water partition coefficient (Wildman–Crippen LogP) is 6.82. The standard InChI is InChI=1S/C29H31N3O3S3/c1-31(23-11-7-4-8-12-23)38(34,35)25-16-13-22(14-17-25)28(33)32(20-21-9-5-3-6-10-21)29-30-26-18-15-24(36-2)19-27(26)37-29/h3,5-6,9-10,13-19,23H,4,7-8,11-12,20H2,1-2H3. The molecule has 0 radical (unpaired) electrons. The Kier molecular flexibility index (Phi) is 8.18. The molecule has 0 N–H and O–H groups in total. The smallest absolute Gasteiger partial charge is 0.260 e. The quantitative estimate of drug-likeness (QED) is 0.219. The van der Waals surface area contributed by atoms with Crippen molar-refractivity contribution >= 4 is 54.4 Å². The molecule has 5 rings (SSSR count). The van der Waals surface area contributed by atoms with Crippen molar-refractivity contribution in [1.29, 1.82) is 0 Å². The minimum atomic E-state index is -3.63. The zero-order valence-electron chi connectivity index (χ0n) is 21.5. The fourth-order valence-corrected chi connectivity index (χ4v) is 7.79. The molecule has 0 bridgehead atoms. The van der Waals surface area contributed by atoms with Crippen LogP contribution in [-0.2, 0) is 16.6 Å². The number of carbonyl (C=O) groups excluding carboxylic acids is 1. The van der Waals surface area contributed by atoms with E-state index >= 15 is 0 Å². The zero-order valence-corrected chi connectivity index (χ0v) is 24.0. The molecule has 0 unspecified atom stereocenters. The molecule has 0 saturated heterocycles. The molecule has 0 aliphatic heterocycles. The van der Waals surface area contributed by atoms with Gasteiger partial charge in [-0.15, -0.1) is 11.8 Å². The molecular weight excluding hydrogens is 535 g/mol. The molecule has 1 aromatic heterocycles. The lowest BCUT2D eigenvalue weighted by Gasteiger charge is -2.30. The first-order valence-corrected chi connectivity index (χ1v) is 16.2. The summed E-state index contributed by atoms with van der Waals surface area (Å²) in [5.74, 6) is -0.220. The van der Waals surface area contributed by atoms with Gasteiger partial charge in [-0.3, -0.25) is 9.69 Å². The number of sulfonamides is 1. The molecule has 9 heteroatoms. The maximum Gasteiger partial charge on any atom is 0.260 e. The molecule has 0 atom stereocenters. The van der Waals surface area contributed by atoms with Gasteiger partial charge in [-0.2, -0.15) is 4.31 Å². The molecule has 6 nitrogen and oxygen atoms in total. The van der Waals surface area contributed by atoms with E-state index in [4.69, 9.17) is 4.98 Å². The fourth-order valence-electron chi connectivity index (χ4n) is 4.86. The molecule has 1 aliphatic carbocycles. The number of carbonyl (C=O) groups is 1. The summed E-state index contributed by atoms with van der Waals surface area (Å²) in [5.41, 5.74) is 2.25. The number of aromatic nitrogens is 1. The Labute approximate surface area is 232 Å². The largest absolute Gasteiger partial charge is 0.279 e. The lowest BCUT2D eigenvalue weighted by atomic mass is 9.96. The van der Waals surface area contributed by atoms with Gasteiger partial charge in [0.2, 0.25) is 10.0 Å². The summed E-state index contributed by atoms with van der Waals surface area (Å²) in [6.45, 7) is 0.360. The number of hydrogen-bond donors (Lipinski definition) is 0. The third kappa shape index (κ3) is 5.66. The highest BCUT2D eigenvalue weighted by atomic mass is 32.2. The van der Waals surface area contributed by atoms with Gasteiger partial charge in [-0.05, 0) is 67.1 Å². The minimum Gasteiger partial charge on any atom is -0.279 e. The van der Waals surface area contributed by atoms with Gasteiger partial charge in [0.1, 0.15) is 0 Å². The molecule has 1 saturated carbocycles. The first-order valence-electron chi connectivity index (χ1n) is 12.8. The maximum absolute atomic E-state index is 13.8. The topological polar surface area (TPSA) is 70.6 Å². The van der Waals surface area contributed by atoms with Crippen LogP contribution in [0.15, 0.2) is 82.6 Å². The average Bonchev–Trinajstić information content (AvgIpc) is 3.39. The average molecular weight is 566 g/mol. The highest BCUT2D eigenvalue weighted by Gasteiger charge is 2.29. The van der Waals surface area contributed by atoms with Crippen LogP contribution in [0.4, 0.5) is 5.13 Å². The number of anilines is 1. The summed E-state index contributed by atoms with van der Waals surface area (Å²) in [5, 5.41) is 0.612. The van der Waals surface area contributed by atoms with E-state index in [9.17, 15) is 13.2 Å². The lowest BCUT2D eigenvalue weighted by Crippen LogP contribution is -2.38. The van der Waals surface area contributed by atoms with Gasteiger partial charge in [-0.1, -0.05) is 60.9 Å². The van der Waals surface area contributed by atoms with Gasteiger partial charge in [0.05, 0.1) is 21.7 Å². The minimum absolute atomic E-state index is 0.0297. The number of benzene rings is 3. The van der Waals surface area contributed by atoms with Crippen molar-refractivity contribution in [3.63, 3.8) is 0 Å². The summed E-state index contributed by atoms with van der Waals surface area (Å²) in [4.78, 5) is 21.6. The van der Waals surface area contributed by atoms with Crippen molar-refractivity contribution in [2.45, 2.75) is 54.5 Å². The van der Waals surface area contributed by atoms with Crippen LogP contribution in [0, 0.1) is 0 Å². The SMILES string of the molecule is CSc1ccc2nc(N(Cc3ccccc3)C(=O)c3ccc(S(=O)(=O)N(C)C4CCCCC4)cc3)sc2c1. The molecule has 0 spiro atoms. The van der Waals surface area contributed by atoms with E-state index in [1.54, 1.807) is 48.0 Å². The van der Waals surface area contributed by atoms with Crippen molar-refractivity contribution in [3.05, 3.63) is 83.9 Å². The Hall–Kier alpha value is -2.72. The van der Waals surface area contributed by atoms with E-state index in [0.717, 1.165) is 52.8 Å². The fraction of sp³-hybridized carbons (Fsp3) is 0.310. The summed E-state index contributed by atoms with van der Waals surface area (Å²) in [7, 11) is -1.96. The summed E-state index contributed by atoms with van der Waals surface area (Å²) >= 11 is 3.15. The monoisotopic (exact) mass is 565 g/mol. The van der Waals surface area contributed by atoms with E-state index in [2.05, 4.69) is 6.07 Å². The highest BCUT2D eigenvalue weighted by molar-refractivity contribution is 7.98. The number of amides is 1. The molecule has 38 heavy (non-hydrogen) atoms. The zero-order chi connectivity index (χ0) is 26.7. The van der Waals surface area contributed by atoms with Crippen LogP contribution >= 0.6 is 23.1 Å². The normalized spacial score (nSPS) is 14.7. The second-order valence-corrected chi connectivity index (χ2v) is 13.4. The Bertz CT molecular complexity index is 1510. The summed E-state index contributed by atoms with van der Waals surface area (Å²) < 4.78 is 29.1. The molecule has 1 amide bonds. The van der Waals surface area contributed by atoms with Crippen LogP contribution in [0.25, 0.3) is 10.2 Å². The van der Waals surface area contributed by atoms with Crippen LogP contribution in [0.5, 0.6) is 0 Å². The lowest BCUT2D eigenvalue weighted by molar-refractivity contribution is 0.0985. The Morgan fingerprint density at radius 1 is 1.00 bits per heavy atom.